The molecular weight excluding hydrogens is 425 g/mol. The molecule has 2 atom stereocenters. The number of methoxy groups -OCH3 is 1. The van der Waals surface area contributed by atoms with E-state index in [1.54, 1.807) is 7.11 Å². The molecule has 0 aliphatic carbocycles. The van der Waals surface area contributed by atoms with Gasteiger partial charge in [0, 0.05) is 45.1 Å². The van der Waals surface area contributed by atoms with Crippen molar-refractivity contribution in [2.24, 2.45) is 16.8 Å². The van der Waals surface area contributed by atoms with E-state index < -0.39 is 0 Å². The molecule has 1 heterocycles. The minimum atomic E-state index is 0. The van der Waals surface area contributed by atoms with Gasteiger partial charge in [-0.05, 0) is 24.8 Å². The molecule has 1 aromatic rings. The third-order valence-corrected chi connectivity index (χ3v) is 4.79. The van der Waals surface area contributed by atoms with Gasteiger partial charge in [-0.2, -0.15) is 0 Å². The van der Waals surface area contributed by atoms with Gasteiger partial charge < -0.3 is 15.0 Å². The summed E-state index contributed by atoms with van der Waals surface area (Å²) >= 11 is 0. The molecule has 1 aliphatic heterocycles. The lowest BCUT2D eigenvalue weighted by Crippen LogP contribution is -2.40. The summed E-state index contributed by atoms with van der Waals surface area (Å²) in [6, 6.07) is 10.8. The van der Waals surface area contributed by atoms with Crippen molar-refractivity contribution < 1.29 is 4.74 Å². The SMILES string of the molecule is CCNC(=NCC(c1ccccc1)C(C)C)N1CCC(COC)C1.I. The molecule has 0 aromatic heterocycles. The molecule has 1 aromatic carbocycles. The summed E-state index contributed by atoms with van der Waals surface area (Å²) in [5.41, 5.74) is 1.38. The number of guanidine groups is 1. The predicted octanol–water partition coefficient (Wildman–Crippen LogP) is 3.98. The Kier molecular flexibility index (Phi) is 10.4. The second-order valence-corrected chi connectivity index (χ2v) is 7.01. The van der Waals surface area contributed by atoms with Gasteiger partial charge in [-0.1, -0.05) is 44.2 Å². The van der Waals surface area contributed by atoms with E-state index in [1.165, 1.54) is 12.0 Å². The second kappa shape index (κ2) is 11.7. The Bertz CT molecular complexity index is 507. The van der Waals surface area contributed by atoms with Crippen LogP contribution < -0.4 is 5.32 Å². The van der Waals surface area contributed by atoms with Crippen molar-refractivity contribution in [3.8, 4) is 0 Å². The highest BCUT2D eigenvalue weighted by atomic mass is 127. The highest BCUT2D eigenvalue weighted by Gasteiger charge is 2.25. The molecule has 5 heteroatoms. The third kappa shape index (κ3) is 6.77. The van der Waals surface area contributed by atoms with Crippen molar-refractivity contribution in [1.29, 1.82) is 0 Å². The Morgan fingerprint density at radius 2 is 2.04 bits per heavy atom. The van der Waals surface area contributed by atoms with Gasteiger partial charge in [0.2, 0.25) is 0 Å². The minimum Gasteiger partial charge on any atom is -0.384 e. The lowest BCUT2D eigenvalue weighted by atomic mass is 9.88. The average Bonchev–Trinajstić information content (AvgIpc) is 3.03. The maximum Gasteiger partial charge on any atom is 0.193 e. The molecule has 2 rings (SSSR count). The summed E-state index contributed by atoms with van der Waals surface area (Å²) in [6.07, 6.45) is 1.19. The van der Waals surface area contributed by atoms with Gasteiger partial charge in [-0.25, -0.2) is 0 Å². The van der Waals surface area contributed by atoms with Crippen molar-refractivity contribution >= 4 is 29.9 Å². The number of halogens is 1. The molecule has 25 heavy (non-hydrogen) atoms. The summed E-state index contributed by atoms with van der Waals surface area (Å²) < 4.78 is 5.31. The van der Waals surface area contributed by atoms with E-state index in [9.17, 15) is 0 Å². The molecule has 0 amide bonds. The Morgan fingerprint density at radius 3 is 2.64 bits per heavy atom. The van der Waals surface area contributed by atoms with Crippen LogP contribution in [0.25, 0.3) is 0 Å². The van der Waals surface area contributed by atoms with Gasteiger partial charge in [0.1, 0.15) is 0 Å². The van der Waals surface area contributed by atoms with Crippen LogP contribution in [-0.4, -0.2) is 50.8 Å². The molecular formula is C20H34IN3O. The summed E-state index contributed by atoms with van der Waals surface area (Å²) in [6.45, 7) is 11.4. The first kappa shape index (κ1) is 22.2. The maximum absolute atomic E-state index is 5.31. The first-order valence-corrected chi connectivity index (χ1v) is 9.22. The number of aliphatic imine (C=N–C) groups is 1. The van der Waals surface area contributed by atoms with Crippen molar-refractivity contribution in [2.75, 3.05) is 39.9 Å². The quantitative estimate of drug-likeness (QED) is 0.381. The normalized spacial score (nSPS) is 19.0. The zero-order valence-electron chi connectivity index (χ0n) is 16.1. The van der Waals surface area contributed by atoms with Gasteiger partial charge in [-0.15, -0.1) is 24.0 Å². The highest BCUT2D eigenvalue weighted by Crippen LogP contribution is 2.25. The summed E-state index contributed by atoms with van der Waals surface area (Å²) in [4.78, 5) is 7.36. The Morgan fingerprint density at radius 1 is 1.32 bits per heavy atom. The molecule has 142 valence electrons. The summed E-state index contributed by atoms with van der Waals surface area (Å²) in [5.74, 6) is 2.70. The van der Waals surface area contributed by atoms with E-state index in [-0.39, 0.29) is 24.0 Å². The fourth-order valence-electron chi connectivity index (χ4n) is 3.41. The van der Waals surface area contributed by atoms with Crippen LogP contribution in [0, 0.1) is 11.8 Å². The van der Waals surface area contributed by atoms with E-state index in [2.05, 4.69) is 61.3 Å². The van der Waals surface area contributed by atoms with Gasteiger partial charge in [0.15, 0.2) is 5.96 Å². The number of nitrogens with zero attached hydrogens (tertiary/aromatic N) is 2. The van der Waals surface area contributed by atoms with Gasteiger partial charge in [0.25, 0.3) is 0 Å². The van der Waals surface area contributed by atoms with Crippen LogP contribution in [0.5, 0.6) is 0 Å². The van der Waals surface area contributed by atoms with Crippen LogP contribution in [0.15, 0.2) is 35.3 Å². The Hall–Kier alpha value is -0.820. The monoisotopic (exact) mass is 459 g/mol. The Balaban J connectivity index is 0.00000312. The summed E-state index contributed by atoms with van der Waals surface area (Å²) in [7, 11) is 1.79. The predicted molar refractivity (Wildman–Crippen MR) is 117 cm³/mol. The second-order valence-electron chi connectivity index (χ2n) is 7.01. The molecule has 1 fully saturated rings. The number of rotatable bonds is 7. The van der Waals surface area contributed by atoms with E-state index in [4.69, 9.17) is 9.73 Å². The van der Waals surface area contributed by atoms with Crippen molar-refractivity contribution in [2.45, 2.75) is 33.1 Å². The number of likely N-dealkylation sites (tertiary alicyclic amines) is 1. The van der Waals surface area contributed by atoms with E-state index in [0.717, 1.165) is 38.7 Å². The van der Waals surface area contributed by atoms with Crippen LogP contribution in [0.3, 0.4) is 0 Å². The molecule has 0 bridgehead atoms. The van der Waals surface area contributed by atoms with Crippen LogP contribution in [0.2, 0.25) is 0 Å². The topological polar surface area (TPSA) is 36.9 Å². The minimum absolute atomic E-state index is 0. The van der Waals surface area contributed by atoms with E-state index >= 15 is 0 Å². The highest BCUT2D eigenvalue weighted by molar-refractivity contribution is 14.0. The van der Waals surface area contributed by atoms with Crippen molar-refractivity contribution in [3.05, 3.63) is 35.9 Å². The molecule has 0 saturated carbocycles. The molecule has 0 radical (unpaired) electrons. The molecule has 2 unspecified atom stereocenters. The van der Waals surface area contributed by atoms with Crippen LogP contribution in [0.4, 0.5) is 0 Å². The summed E-state index contributed by atoms with van der Waals surface area (Å²) in [5, 5.41) is 3.47. The largest absolute Gasteiger partial charge is 0.384 e. The van der Waals surface area contributed by atoms with E-state index in [1.807, 2.05) is 0 Å². The van der Waals surface area contributed by atoms with Gasteiger partial charge in [0.05, 0.1) is 6.61 Å². The van der Waals surface area contributed by atoms with Crippen molar-refractivity contribution in [3.63, 3.8) is 0 Å². The zero-order chi connectivity index (χ0) is 17.4. The van der Waals surface area contributed by atoms with Crippen LogP contribution in [-0.2, 0) is 4.74 Å². The van der Waals surface area contributed by atoms with Gasteiger partial charge in [-0.3, -0.25) is 4.99 Å². The molecule has 1 aliphatic rings. The van der Waals surface area contributed by atoms with Crippen LogP contribution in [0.1, 0.15) is 38.7 Å². The standard InChI is InChI=1S/C20H33N3O.HI/c1-5-21-20(23-12-11-17(14-23)15-24-4)22-13-19(16(2)3)18-9-7-6-8-10-18;/h6-10,16-17,19H,5,11-15H2,1-4H3,(H,21,22);1H. The number of nitrogens with one attached hydrogen (secondary N) is 1. The van der Waals surface area contributed by atoms with E-state index in [0.29, 0.717) is 17.8 Å². The third-order valence-electron chi connectivity index (χ3n) is 4.79. The number of hydrogen-bond acceptors (Lipinski definition) is 2. The fraction of sp³-hybridized carbons (Fsp3) is 0.650. The van der Waals surface area contributed by atoms with Gasteiger partial charge >= 0.3 is 0 Å². The maximum atomic E-state index is 5.31. The Labute approximate surface area is 170 Å². The number of hydrogen-bond donors (Lipinski definition) is 1. The molecule has 4 nitrogen and oxygen atoms in total. The smallest absolute Gasteiger partial charge is 0.193 e. The molecule has 1 N–H and O–H groups in total. The molecule has 0 spiro atoms. The average molecular weight is 459 g/mol. The number of benzene rings is 1. The first-order valence-electron chi connectivity index (χ1n) is 9.22. The lowest BCUT2D eigenvalue weighted by molar-refractivity contribution is 0.157. The molecule has 1 saturated heterocycles. The fourth-order valence-corrected chi connectivity index (χ4v) is 3.41. The van der Waals surface area contributed by atoms with Crippen LogP contribution >= 0.6 is 24.0 Å². The number of ether oxygens (including phenoxy) is 1. The lowest BCUT2D eigenvalue weighted by Gasteiger charge is -2.24. The van der Waals surface area contributed by atoms with Crippen molar-refractivity contribution in [1.82, 2.24) is 10.2 Å². The first-order chi connectivity index (χ1) is 11.7. The zero-order valence-corrected chi connectivity index (χ0v) is 18.4.